The Labute approximate surface area is 113 Å². The van der Waals surface area contributed by atoms with E-state index in [4.69, 9.17) is 5.11 Å². The lowest BCUT2D eigenvalue weighted by molar-refractivity contribution is -0.138. The van der Waals surface area contributed by atoms with Crippen LogP contribution in [-0.4, -0.2) is 48.1 Å². The van der Waals surface area contributed by atoms with Gasteiger partial charge in [0.1, 0.15) is 0 Å². The minimum atomic E-state index is -0.749. The molecule has 3 rings (SSSR count). The van der Waals surface area contributed by atoms with E-state index >= 15 is 0 Å². The van der Waals surface area contributed by atoms with Gasteiger partial charge < -0.3 is 15.3 Å². The first kappa shape index (κ1) is 12.9. The van der Waals surface area contributed by atoms with Crippen molar-refractivity contribution in [3.63, 3.8) is 0 Å². The van der Waals surface area contributed by atoms with Crippen molar-refractivity contribution in [2.45, 2.75) is 32.1 Å². The molecule has 2 N–H and O–H groups in total. The molecule has 19 heavy (non-hydrogen) atoms. The molecule has 2 aliphatic heterocycles. The van der Waals surface area contributed by atoms with E-state index in [1.807, 2.05) is 4.90 Å². The molecule has 0 aromatic rings. The van der Waals surface area contributed by atoms with Crippen molar-refractivity contribution in [2.24, 2.45) is 17.3 Å². The molecule has 2 heterocycles. The Balaban J connectivity index is 1.53. The third-order valence-corrected chi connectivity index (χ3v) is 5.15. The lowest BCUT2D eigenvalue weighted by atomic mass is 9.91. The average molecular weight is 266 g/mol. The highest BCUT2D eigenvalue weighted by Crippen LogP contribution is 2.59. The molecule has 3 aliphatic rings. The first-order valence-electron chi connectivity index (χ1n) is 7.32. The van der Waals surface area contributed by atoms with Crippen LogP contribution in [0.2, 0.25) is 0 Å². The van der Waals surface area contributed by atoms with Crippen molar-refractivity contribution < 1.29 is 14.7 Å². The van der Waals surface area contributed by atoms with Crippen LogP contribution in [0.4, 0.5) is 0 Å². The molecular weight excluding hydrogens is 244 g/mol. The van der Waals surface area contributed by atoms with E-state index in [1.165, 1.54) is 0 Å². The van der Waals surface area contributed by atoms with Gasteiger partial charge in [-0.05, 0) is 50.1 Å². The third-order valence-electron chi connectivity index (χ3n) is 5.15. The van der Waals surface area contributed by atoms with Crippen molar-refractivity contribution in [2.75, 3.05) is 26.2 Å². The number of hydrogen-bond donors (Lipinski definition) is 2. The van der Waals surface area contributed by atoms with Gasteiger partial charge in [0, 0.05) is 25.4 Å². The fourth-order valence-electron chi connectivity index (χ4n) is 3.84. The van der Waals surface area contributed by atoms with Gasteiger partial charge in [0.2, 0.25) is 5.91 Å². The van der Waals surface area contributed by atoms with Crippen LogP contribution < -0.4 is 5.32 Å². The van der Waals surface area contributed by atoms with E-state index in [0.717, 1.165) is 45.3 Å². The van der Waals surface area contributed by atoms with Gasteiger partial charge in [-0.3, -0.25) is 9.59 Å². The molecule has 3 fully saturated rings. The molecule has 2 unspecified atom stereocenters. The molecule has 1 amide bonds. The maximum absolute atomic E-state index is 12.5. The van der Waals surface area contributed by atoms with E-state index < -0.39 is 5.97 Å². The van der Waals surface area contributed by atoms with Crippen LogP contribution in [0.1, 0.15) is 32.1 Å². The summed E-state index contributed by atoms with van der Waals surface area (Å²) >= 11 is 0. The fraction of sp³-hybridized carbons (Fsp3) is 0.857. The van der Waals surface area contributed by atoms with Crippen molar-refractivity contribution in [3.8, 4) is 0 Å². The molecule has 5 heteroatoms. The number of carbonyl (C=O) groups is 2. The summed E-state index contributed by atoms with van der Waals surface area (Å²) in [4.78, 5) is 25.1. The molecule has 106 valence electrons. The van der Waals surface area contributed by atoms with Gasteiger partial charge in [-0.1, -0.05) is 0 Å². The zero-order chi connectivity index (χ0) is 13.5. The zero-order valence-electron chi connectivity index (χ0n) is 11.2. The number of rotatable bonds is 3. The highest BCUT2D eigenvalue weighted by Gasteiger charge is 2.58. The fourth-order valence-corrected chi connectivity index (χ4v) is 3.84. The zero-order valence-corrected chi connectivity index (χ0v) is 11.2. The van der Waals surface area contributed by atoms with Crippen molar-refractivity contribution in [1.29, 1.82) is 0 Å². The standard InChI is InChI=1S/C14H22N2O3/c17-12(18)7-10-1-6-16(9-10)13(19)11-8-14(11)2-4-15-5-3-14/h10-11,15H,1-9H2,(H,17,18). The molecule has 1 spiro atoms. The van der Waals surface area contributed by atoms with Crippen LogP contribution in [0.15, 0.2) is 0 Å². The monoisotopic (exact) mass is 266 g/mol. The second kappa shape index (κ2) is 4.78. The molecule has 5 nitrogen and oxygen atoms in total. The van der Waals surface area contributed by atoms with E-state index in [9.17, 15) is 9.59 Å². The van der Waals surface area contributed by atoms with Gasteiger partial charge in [-0.2, -0.15) is 0 Å². The minimum Gasteiger partial charge on any atom is -0.481 e. The third kappa shape index (κ3) is 2.48. The maximum atomic E-state index is 12.5. The lowest BCUT2D eigenvalue weighted by Crippen LogP contribution is -2.35. The first-order valence-corrected chi connectivity index (χ1v) is 7.32. The molecule has 2 atom stereocenters. The number of carboxylic acid groups (broad SMARTS) is 1. The van der Waals surface area contributed by atoms with E-state index in [-0.39, 0.29) is 29.6 Å². The number of amides is 1. The molecule has 1 saturated carbocycles. The van der Waals surface area contributed by atoms with Gasteiger partial charge in [0.25, 0.3) is 0 Å². The summed E-state index contributed by atoms with van der Waals surface area (Å²) in [6.07, 6.45) is 4.34. The van der Waals surface area contributed by atoms with Gasteiger partial charge >= 0.3 is 5.97 Å². The van der Waals surface area contributed by atoms with Crippen molar-refractivity contribution in [1.82, 2.24) is 10.2 Å². The molecule has 0 bridgehead atoms. The Morgan fingerprint density at radius 3 is 2.74 bits per heavy atom. The van der Waals surface area contributed by atoms with Gasteiger partial charge in [0.15, 0.2) is 0 Å². The lowest BCUT2D eigenvalue weighted by Gasteiger charge is -2.25. The molecule has 1 aliphatic carbocycles. The average Bonchev–Trinajstić information content (AvgIpc) is 2.85. The number of piperidine rings is 1. The van der Waals surface area contributed by atoms with Crippen LogP contribution in [0.25, 0.3) is 0 Å². The van der Waals surface area contributed by atoms with Crippen LogP contribution in [0, 0.1) is 17.3 Å². The van der Waals surface area contributed by atoms with Crippen molar-refractivity contribution in [3.05, 3.63) is 0 Å². The summed E-state index contributed by atoms with van der Waals surface area (Å²) < 4.78 is 0. The number of hydrogen-bond acceptors (Lipinski definition) is 3. The number of likely N-dealkylation sites (tertiary alicyclic amines) is 1. The van der Waals surface area contributed by atoms with Crippen molar-refractivity contribution >= 4 is 11.9 Å². The second-order valence-corrected chi connectivity index (χ2v) is 6.41. The highest BCUT2D eigenvalue weighted by atomic mass is 16.4. The molecule has 0 aromatic carbocycles. The highest BCUT2D eigenvalue weighted by molar-refractivity contribution is 5.83. The Morgan fingerprint density at radius 2 is 2.05 bits per heavy atom. The van der Waals surface area contributed by atoms with Gasteiger partial charge in [-0.25, -0.2) is 0 Å². The summed E-state index contributed by atoms with van der Waals surface area (Å²) in [5, 5.41) is 12.2. The SMILES string of the molecule is O=C(O)CC1CCN(C(=O)C2CC23CCNCC3)C1. The molecule has 0 radical (unpaired) electrons. The summed E-state index contributed by atoms with van der Waals surface area (Å²) in [5.74, 6) is -0.0855. The second-order valence-electron chi connectivity index (χ2n) is 6.41. The predicted octanol–water partition coefficient (Wildman–Crippen LogP) is 0.699. The molecule has 2 saturated heterocycles. The van der Waals surface area contributed by atoms with Crippen LogP contribution >= 0.6 is 0 Å². The maximum Gasteiger partial charge on any atom is 0.303 e. The Morgan fingerprint density at radius 1 is 1.32 bits per heavy atom. The van der Waals surface area contributed by atoms with Crippen LogP contribution in [0.3, 0.4) is 0 Å². The number of nitrogens with zero attached hydrogens (tertiary/aromatic N) is 1. The number of carbonyl (C=O) groups excluding carboxylic acids is 1. The molecule has 0 aromatic heterocycles. The normalized spacial score (nSPS) is 32.5. The summed E-state index contributed by atoms with van der Waals surface area (Å²) in [6.45, 7) is 3.47. The Bertz CT molecular complexity index is 390. The number of carboxylic acids is 1. The predicted molar refractivity (Wildman–Crippen MR) is 69.6 cm³/mol. The van der Waals surface area contributed by atoms with Gasteiger partial charge in [-0.15, -0.1) is 0 Å². The summed E-state index contributed by atoms with van der Waals surface area (Å²) in [7, 11) is 0. The quantitative estimate of drug-likeness (QED) is 0.789. The van der Waals surface area contributed by atoms with E-state index in [0.29, 0.717) is 6.54 Å². The van der Waals surface area contributed by atoms with Gasteiger partial charge in [0.05, 0.1) is 0 Å². The topological polar surface area (TPSA) is 69.6 Å². The first-order chi connectivity index (χ1) is 9.11. The number of aliphatic carboxylic acids is 1. The smallest absolute Gasteiger partial charge is 0.303 e. The van der Waals surface area contributed by atoms with Crippen LogP contribution in [0.5, 0.6) is 0 Å². The van der Waals surface area contributed by atoms with Crippen LogP contribution in [-0.2, 0) is 9.59 Å². The number of nitrogens with one attached hydrogen (secondary N) is 1. The minimum absolute atomic E-state index is 0.157. The van der Waals surface area contributed by atoms with E-state index in [1.54, 1.807) is 0 Å². The Hall–Kier alpha value is -1.10. The van der Waals surface area contributed by atoms with E-state index in [2.05, 4.69) is 5.32 Å². The Kier molecular flexibility index (Phi) is 3.25. The molecular formula is C14H22N2O3. The summed E-state index contributed by atoms with van der Waals surface area (Å²) in [5.41, 5.74) is 0.285. The largest absolute Gasteiger partial charge is 0.481 e. The summed E-state index contributed by atoms with van der Waals surface area (Å²) in [6, 6.07) is 0.